The number of aromatic amines is 1. The van der Waals surface area contributed by atoms with Gasteiger partial charge in [-0.25, -0.2) is 4.98 Å². The number of rotatable bonds is 4. The van der Waals surface area contributed by atoms with Crippen LogP contribution in [-0.4, -0.2) is 41.2 Å². The fourth-order valence-electron chi connectivity index (χ4n) is 3.35. The van der Waals surface area contributed by atoms with Gasteiger partial charge < -0.3 is 14.5 Å². The number of hydrogen-bond acceptors (Lipinski definition) is 5. The van der Waals surface area contributed by atoms with Gasteiger partial charge in [-0.1, -0.05) is 23.5 Å². The molecule has 1 N–H and O–H groups in total. The van der Waals surface area contributed by atoms with Crippen LogP contribution >= 0.6 is 11.3 Å². The Morgan fingerprint density at radius 1 is 1.15 bits per heavy atom. The molecule has 2 aromatic carbocycles. The third kappa shape index (κ3) is 3.07. The Kier molecular flexibility index (Phi) is 4.09. The molecule has 0 bridgehead atoms. The van der Waals surface area contributed by atoms with Crippen molar-refractivity contribution in [3.63, 3.8) is 0 Å². The average Bonchev–Trinajstić information content (AvgIpc) is 3.26. The van der Waals surface area contributed by atoms with E-state index in [1.165, 1.54) is 10.9 Å². The van der Waals surface area contributed by atoms with Crippen molar-refractivity contribution in [2.45, 2.75) is 6.54 Å². The summed E-state index contributed by atoms with van der Waals surface area (Å²) >= 11 is 1.57. The summed E-state index contributed by atoms with van der Waals surface area (Å²) in [5.41, 5.74) is 3.39. The highest BCUT2D eigenvalue weighted by molar-refractivity contribution is 7.20. The van der Waals surface area contributed by atoms with E-state index < -0.39 is 0 Å². The molecule has 0 unspecified atom stereocenters. The van der Waals surface area contributed by atoms with Crippen LogP contribution in [0.15, 0.2) is 48.7 Å². The highest BCUT2D eigenvalue weighted by Crippen LogP contribution is 2.33. The maximum atomic E-state index is 6.05. The maximum Gasteiger partial charge on any atom is 0.279 e. The van der Waals surface area contributed by atoms with Crippen molar-refractivity contribution in [2.24, 2.45) is 0 Å². The van der Waals surface area contributed by atoms with Gasteiger partial charge in [-0.05, 0) is 35.9 Å². The number of para-hydroxylation sites is 1. The van der Waals surface area contributed by atoms with Gasteiger partial charge in [0.15, 0.2) is 0 Å². The van der Waals surface area contributed by atoms with Crippen molar-refractivity contribution in [1.29, 1.82) is 0 Å². The molecule has 1 aliphatic rings. The first-order valence-electron chi connectivity index (χ1n) is 8.79. The minimum Gasteiger partial charge on any atom is -0.431 e. The summed E-state index contributed by atoms with van der Waals surface area (Å²) in [6.07, 6.45) is 2.10. The van der Waals surface area contributed by atoms with E-state index >= 15 is 0 Å². The summed E-state index contributed by atoms with van der Waals surface area (Å²) in [5, 5.41) is 1.88. The summed E-state index contributed by atoms with van der Waals surface area (Å²) in [7, 11) is 0. The molecule has 2 aromatic heterocycles. The number of fused-ring (bicyclic) bond motifs is 2. The fourth-order valence-corrected chi connectivity index (χ4v) is 4.18. The van der Waals surface area contributed by atoms with E-state index in [4.69, 9.17) is 9.47 Å². The minimum atomic E-state index is 0.677. The number of H-pyrrole nitrogens is 1. The predicted molar refractivity (Wildman–Crippen MR) is 104 cm³/mol. The molecule has 3 heterocycles. The van der Waals surface area contributed by atoms with E-state index in [-0.39, 0.29) is 0 Å². The van der Waals surface area contributed by atoms with Gasteiger partial charge >= 0.3 is 0 Å². The first-order chi connectivity index (χ1) is 12.8. The zero-order valence-electron chi connectivity index (χ0n) is 14.3. The highest BCUT2D eigenvalue weighted by Gasteiger charge is 2.14. The van der Waals surface area contributed by atoms with Crippen molar-refractivity contribution in [3.05, 3.63) is 54.2 Å². The van der Waals surface area contributed by atoms with Crippen molar-refractivity contribution in [2.75, 3.05) is 26.3 Å². The monoisotopic (exact) mass is 365 g/mol. The van der Waals surface area contributed by atoms with E-state index in [0.29, 0.717) is 5.19 Å². The standard InChI is InChI=1S/C20H19N3O2S/c1-2-4-19-18(3-1)22-20(26-19)25-15-5-6-17-16(11-15)14(12-21-17)13-23-7-9-24-10-8-23/h1-6,11-12,21H,7-10,13H2. The number of hydrogen-bond donors (Lipinski definition) is 1. The van der Waals surface area contributed by atoms with Gasteiger partial charge in [0, 0.05) is 36.7 Å². The van der Waals surface area contributed by atoms with Gasteiger partial charge in [0.25, 0.3) is 5.19 Å². The second kappa shape index (κ2) is 6.72. The molecule has 5 rings (SSSR count). The number of morpholine rings is 1. The van der Waals surface area contributed by atoms with E-state index in [0.717, 1.165) is 54.3 Å². The van der Waals surface area contributed by atoms with Crippen molar-refractivity contribution < 1.29 is 9.47 Å². The molecular formula is C20H19N3O2S. The fraction of sp³-hybridized carbons (Fsp3) is 0.250. The van der Waals surface area contributed by atoms with Gasteiger partial charge in [0.2, 0.25) is 0 Å². The van der Waals surface area contributed by atoms with Crippen molar-refractivity contribution in [3.8, 4) is 10.9 Å². The van der Waals surface area contributed by atoms with Gasteiger partial charge in [-0.3, -0.25) is 4.90 Å². The Bertz CT molecular complexity index is 1020. The normalized spacial score (nSPS) is 15.7. The molecule has 5 nitrogen and oxygen atoms in total. The van der Waals surface area contributed by atoms with E-state index in [1.54, 1.807) is 11.3 Å². The smallest absolute Gasteiger partial charge is 0.279 e. The molecule has 26 heavy (non-hydrogen) atoms. The molecule has 1 fully saturated rings. The number of benzene rings is 2. The summed E-state index contributed by atoms with van der Waals surface area (Å²) in [4.78, 5) is 10.3. The molecule has 6 heteroatoms. The molecule has 0 radical (unpaired) electrons. The molecule has 0 saturated carbocycles. The van der Waals surface area contributed by atoms with Crippen LogP contribution in [0.5, 0.6) is 10.9 Å². The number of nitrogens with one attached hydrogen (secondary N) is 1. The lowest BCUT2D eigenvalue weighted by Gasteiger charge is -2.26. The predicted octanol–water partition coefficient (Wildman–Crippen LogP) is 4.40. The lowest BCUT2D eigenvalue weighted by atomic mass is 10.1. The molecule has 0 amide bonds. The zero-order chi connectivity index (χ0) is 17.3. The van der Waals surface area contributed by atoms with E-state index in [9.17, 15) is 0 Å². The Labute approximate surface area is 155 Å². The lowest BCUT2D eigenvalue weighted by Crippen LogP contribution is -2.35. The quantitative estimate of drug-likeness (QED) is 0.582. The van der Waals surface area contributed by atoms with E-state index in [1.807, 2.05) is 24.3 Å². The topological polar surface area (TPSA) is 50.4 Å². The number of nitrogens with zero attached hydrogens (tertiary/aromatic N) is 2. The van der Waals surface area contributed by atoms with Crippen LogP contribution in [0.3, 0.4) is 0 Å². The molecule has 4 aromatic rings. The van der Waals surface area contributed by atoms with Crippen LogP contribution in [0.2, 0.25) is 0 Å². The van der Waals surface area contributed by atoms with Gasteiger partial charge in [0.05, 0.1) is 23.4 Å². The first kappa shape index (κ1) is 15.8. The van der Waals surface area contributed by atoms with Crippen LogP contribution in [0.1, 0.15) is 5.56 Å². The third-order valence-corrected chi connectivity index (χ3v) is 5.63. The molecular weight excluding hydrogens is 346 g/mol. The Morgan fingerprint density at radius 3 is 2.92 bits per heavy atom. The summed E-state index contributed by atoms with van der Waals surface area (Å²) in [5.74, 6) is 0.819. The lowest BCUT2D eigenvalue weighted by molar-refractivity contribution is 0.0343. The van der Waals surface area contributed by atoms with Gasteiger partial charge in [0.1, 0.15) is 5.75 Å². The zero-order valence-corrected chi connectivity index (χ0v) is 15.1. The Balaban J connectivity index is 1.42. The number of ether oxygens (including phenoxy) is 2. The van der Waals surface area contributed by atoms with Crippen molar-refractivity contribution in [1.82, 2.24) is 14.9 Å². The minimum absolute atomic E-state index is 0.677. The molecule has 0 atom stereocenters. The van der Waals surface area contributed by atoms with Crippen LogP contribution in [0.4, 0.5) is 0 Å². The molecule has 1 aliphatic heterocycles. The largest absolute Gasteiger partial charge is 0.431 e. The number of thiazole rings is 1. The van der Waals surface area contributed by atoms with Gasteiger partial charge in [-0.15, -0.1) is 0 Å². The van der Waals surface area contributed by atoms with Crippen LogP contribution < -0.4 is 4.74 Å². The van der Waals surface area contributed by atoms with Gasteiger partial charge in [-0.2, -0.15) is 0 Å². The molecule has 0 spiro atoms. The molecule has 132 valence electrons. The maximum absolute atomic E-state index is 6.05. The van der Waals surface area contributed by atoms with Crippen LogP contribution in [0, 0.1) is 0 Å². The summed E-state index contributed by atoms with van der Waals surface area (Å²) in [6.45, 7) is 4.51. The average molecular weight is 365 g/mol. The third-order valence-electron chi connectivity index (χ3n) is 4.72. The first-order valence-corrected chi connectivity index (χ1v) is 9.60. The molecule has 0 aliphatic carbocycles. The Hall–Kier alpha value is -2.41. The number of aromatic nitrogens is 2. The SMILES string of the molecule is c1ccc2sc(Oc3ccc4[nH]cc(CN5CCOCC5)c4c3)nc2c1. The summed E-state index contributed by atoms with van der Waals surface area (Å²) in [6, 6.07) is 14.3. The molecule has 1 saturated heterocycles. The highest BCUT2D eigenvalue weighted by atomic mass is 32.1. The Morgan fingerprint density at radius 2 is 2.04 bits per heavy atom. The van der Waals surface area contributed by atoms with Crippen molar-refractivity contribution >= 4 is 32.5 Å². The van der Waals surface area contributed by atoms with E-state index in [2.05, 4.69) is 39.3 Å². The second-order valence-corrected chi connectivity index (χ2v) is 7.45. The second-order valence-electron chi connectivity index (χ2n) is 6.46. The van der Waals surface area contributed by atoms with Crippen LogP contribution in [0.25, 0.3) is 21.1 Å². The van der Waals surface area contributed by atoms with Crippen LogP contribution in [-0.2, 0) is 11.3 Å². The summed E-state index contributed by atoms with van der Waals surface area (Å²) < 4.78 is 12.6.